The standard InChI is InChI=1S/C20H19N3O2S/c1-12-16(22-14(3)24)6-4-7-17(12)23-20(25)15-9-10-18(21-13(15)2)19-8-5-11-26-19/h4-11H,1-3H3,(H,22,24)(H,23,25). The molecule has 2 N–H and O–H groups in total. The summed E-state index contributed by atoms with van der Waals surface area (Å²) in [4.78, 5) is 29.6. The molecule has 0 aliphatic rings. The number of amides is 2. The van der Waals surface area contributed by atoms with E-state index in [0.717, 1.165) is 16.1 Å². The average molecular weight is 365 g/mol. The lowest BCUT2D eigenvalue weighted by Crippen LogP contribution is -2.16. The Morgan fingerprint density at radius 3 is 2.31 bits per heavy atom. The Kier molecular flexibility index (Phi) is 5.14. The van der Waals surface area contributed by atoms with E-state index >= 15 is 0 Å². The Hall–Kier alpha value is -2.99. The number of carbonyl (C=O) groups excluding carboxylic acids is 2. The number of rotatable bonds is 4. The van der Waals surface area contributed by atoms with Gasteiger partial charge in [-0.05, 0) is 55.1 Å². The van der Waals surface area contributed by atoms with Crippen LogP contribution in [0.4, 0.5) is 11.4 Å². The maximum absolute atomic E-state index is 12.7. The van der Waals surface area contributed by atoms with Crippen LogP contribution in [0.2, 0.25) is 0 Å². The van der Waals surface area contributed by atoms with Gasteiger partial charge in [-0.25, -0.2) is 0 Å². The molecule has 1 aromatic carbocycles. The second-order valence-corrected chi connectivity index (χ2v) is 6.87. The Bertz CT molecular complexity index is 965. The largest absolute Gasteiger partial charge is 0.326 e. The van der Waals surface area contributed by atoms with Crippen LogP contribution in [0.5, 0.6) is 0 Å². The van der Waals surface area contributed by atoms with E-state index in [1.54, 1.807) is 35.6 Å². The Morgan fingerprint density at radius 1 is 0.962 bits per heavy atom. The fourth-order valence-corrected chi connectivity index (χ4v) is 3.34. The second kappa shape index (κ2) is 7.49. The molecule has 0 saturated heterocycles. The highest BCUT2D eigenvalue weighted by Gasteiger charge is 2.14. The van der Waals surface area contributed by atoms with Gasteiger partial charge in [-0.1, -0.05) is 12.1 Å². The first-order valence-corrected chi connectivity index (χ1v) is 9.03. The van der Waals surface area contributed by atoms with Crippen LogP contribution in [0.1, 0.15) is 28.5 Å². The lowest BCUT2D eigenvalue weighted by atomic mass is 10.1. The number of carbonyl (C=O) groups is 2. The van der Waals surface area contributed by atoms with E-state index in [1.165, 1.54) is 6.92 Å². The number of aryl methyl sites for hydroxylation is 1. The second-order valence-electron chi connectivity index (χ2n) is 5.92. The number of nitrogens with zero attached hydrogens (tertiary/aromatic N) is 1. The van der Waals surface area contributed by atoms with Gasteiger partial charge in [-0.2, -0.15) is 0 Å². The van der Waals surface area contributed by atoms with Crippen LogP contribution >= 0.6 is 11.3 Å². The highest BCUT2D eigenvalue weighted by molar-refractivity contribution is 7.13. The number of hydrogen-bond donors (Lipinski definition) is 2. The zero-order valence-electron chi connectivity index (χ0n) is 14.8. The summed E-state index contributed by atoms with van der Waals surface area (Å²) in [5.41, 5.74) is 4.19. The molecule has 2 aromatic heterocycles. The average Bonchev–Trinajstić information content (AvgIpc) is 3.12. The van der Waals surface area contributed by atoms with Gasteiger partial charge in [0.25, 0.3) is 5.91 Å². The van der Waals surface area contributed by atoms with Crippen LogP contribution in [-0.2, 0) is 4.79 Å². The summed E-state index contributed by atoms with van der Waals surface area (Å²) in [6.45, 7) is 5.13. The van der Waals surface area contributed by atoms with Gasteiger partial charge in [0.15, 0.2) is 0 Å². The third-order valence-corrected chi connectivity index (χ3v) is 4.89. The van der Waals surface area contributed by atoms with E-state index in [1.807, 2.05) is 37.4 Å². The van der Waals surface area contributed by atoms with Gasteiger partial charge in [-0.15, -0.1) is 11.3 Å². The number of thiophene rings is 1. The minimum absolute atomic E-state index is 0.152. The Balaban J connectivity index is 1.84. The van der Waals surface area contributed by atoms with Crippen LogP contribution in [0.3, 0.4) is 0 Å². The van der Waals surface area contributed by atoms with Crippen molar-refractivity contribution >= 4 is 34.5 Å². The molecule has 2 heterocycles. The van der Waals surface area contributed by atoms with Gasteiger partial charge < -0.3 is 10.6 Å². The number of hydrogen-bond acceptors (Lipinski definition) is 4. The highest BCUT2D eigenvalue weighted by atomic mass is 32.1. The van der Waals surface area contributed by atoms with Crippen LogP contribution in [0.15, 0.2) is 47.8 Å². The molecule has 26 heavy (non-hydrogen) atoms. The van der Waals surface area contributed by atoms with Crippen molar-refractivity contribution in [3.8, 4) is 10.6 Å². The number of pyridine rings is 1. The minimum Gasteiger partial charge on any atom is -0.326 e. The number of aromatic nitrogens is 1. The highest BCUT2D eigenvalue weighted by Crippen LogP contribution is 2.26. The molecule has 0 bridgehead atoms. The molecule has 6 heteroatoms. The molecule has 0 saturated carbocycles. The SMILES string of the molecule is CC(=O)Nc1cccc(NC(=O)c2ccc(-c3cccs3)nc2C)c1C. The van der Waals surface area contributed by atoms with Gasteiger partial charge in [0.1, 0.15) is 0 Å². The number of anilines is 2. The van der Waals surface area contributed by atoms with Crippen molar-refractivity contribution in [1.82, 2.24) is 4.98 Å². The molecule has 3 aromatic rings. The van der Waals surface area contributed by atoms with Crippen molar-refractivity contribution in [3.63, 3.8) is 0 Å². The van der Waals surface area contributed by atoms with Crippen molar-refractivity contribution in [3.05, 3.63) is 64.7 Å². The van der Waals surface area contributed by atoms with Crippen molar-refractivity contribution in [2.75, 3.05) is 10.6 Å². The van der Waals surface area contributed by atoms with Gasteiger partial charge in [0, 0.05) is 18.3 Å². The summed E-state index contributed by atoms with van der Waals surface area (Å²) in [6.07, 6.45) is 0. The molecule has 5 nitrogen and oxygen atoms in total. The predicted octanol–water partition coefficient (Wildman–Crippen LogP) is 4.64. The summed E-state index contributed by atoms with van der Waals surface area (Å²) in [6, 6.07) is 13.0. The molecule has 132 valence electrons. The zero-order valence-corrected chi connectivity index (χ0v) is 15.6. The Labute approximate surface area is 156 Å². The van der Waals surface area contributed by atoms with Gasteiger partial charge in [-0.3, -0.25) is 14.6 Å². The molecule has 2 amide bonds. The van der Waals surface area contributed by atoms with Crippen molar-refractivity contribution in [2.24, 2.45) is 0 Å². The first-order valence-electron chi connectivity index (χ1n) is 8.16. The molecule has 0 atom stereocenters. The van der Waals surface area contributed by atoms with Crippen molar-refractivity contribution in [2.45, 2.75) is 20.8 Å². The molecular weight excluding hydrogens is 346 g/mol. The van der Waals surface area contributed by atoms with Crippen molar-refractivity contribution < 1.29 is 9.59 Å². The monoisotopic (exact) mass is 365 g/mol. The minimum atomic E-state index is -0.226. The predicted molar refractivity (Wildman–Crippen MR) is 106 cm³/mol. The summed E-state index contributed by atoms with van der Waals surface area (Å²) >= 11 is 1.61. The van der Waals surface area contributed by atoms with Crippen LogP contribution < -0.4 is 10.6 Å². The van der Waals surface area contributed by atoms with Gasteiger partial charge in [0.05, 0.1) is 21.8 Å². The molecule has 0 aliphatic heterocycles. The van der Waals surface area contributed by atoms with E-state index in [-0.39, 0.29) is 11.8 Å². The van der Waals surface area contributed by atoms with Gasteiger partial charge in [0.2, 0.25) is 5.91 Å². The lowest BCUT2D eigenvalue weighted by Gasteiger charge is -2.13. The summed E-state index contributed by atoms with van der Waals surface area (Å²) < 4.78 is 0. The van der Waals surface area contributed by atoms with Crippen LogP contribution in [0, 0.1) is 13.8 Å². The normalized spacial score (nSPS) is 10.4. The van der Waals surface area contributed by atoms with E-state index in [4.69, 9.17) is 0 Å². The van der Waals surface area contributed by atoms with E-state index in [9.17, 15) is 9.59 Å². The smallest absolute Gasteiger partial charge is 0.257 e. The molecule has 0 unspecified atom stereocenters. The van der Waals surface area contributed by atoms with E-state index in [2.05, 4.69) is 15.6 Å². The number of nitrogens with one attached hydrogen (secondary N) is 2. The van der Waals surface area contributed by atoms with E-state index < -0.39 is 0 Å². The van der Waals surface area contributed by atoms with Crippen LogP contribution in [-0.4, -0.2) is 16.8 Å². The summed E-state index contributed by atoms with van der Waals surface area (Å²) in [7, 11) is 0. The number of benzene rings is 1. The topological polar surface area (TPSA) is 71.1 Å². The fourth-order valence-electron chi connectivity index (χ4n) is 2.65. The molecule has 3 rings (SSSR count). The maximum Gasteiger partial charge on any atom is 0.257 e. The third-order valence-electron chi connectivity index (χ3n) is 4.00. The maximum atomic E-state index is 12.7. The zero-order chi connectivity index (χ0) is 18.7. The fraction of sp³-hybridized carbons (Fsp3) is 0.150. The quantitative estimate of drug-likeness (QED) is 0.708. The van der Waals surface area contributed by atoms with Crippen LogP contribution in [0.25, 0.3) is 10.6 Å². The lowest BCUT2D eigenvalue weighted by molar-refractivity contribution is -0.114. The third kappa shape index (κ3) is 3.81. The first kappa shape index (κ1) is 17.8. The molecule has 0 radical (unpaired) electrons. The van der Waals surface area contributed by atoms with Crippen molar-refractivity contribution in [1.29, 1.82) is 0 Å². The molecular formula is C20H19N3O2S. The molecule has 0 aliphatic carbocycles. The van der Waals surface area contributed by atoms with E-state index in [0.29, 0.717) is 22.6 Å². The Morgan fingerprint density at radius 2 is 1.69 bits per heavy atom. The summed E-state index contributed by atoms with van der Waals surface area (Å²) in [5, 5.41) is 7.66. The molecule has 0 fully saturated rings. The summed E-state index contributed by atoms with van der Waals surface area (Å²) in [5.74, 6) is -0.378. The first-order chi connectivity index (χ1) is 12.5. The van der Waals surface area contributed by atoms with Gasteiger partial charge >= 0.3 is 0 Å². The molecule has 0 spiro atoms.